The smallest absolute Gasteiger partial charge is 0.120 e. The molecule has 0 aromatic carbocycles. The Morgan fingerprint density at radius 2 is 1.77 bits per heavy atom. The zero-order valence-electron chi connectivity index (χ0n) is 8.13. The molecule has 0 bridgehead atoms. The topological polar surface area (TPSA) is 40.5 Å². The summed E-state index contributed by atoms with van der Waals surface area (Å²) in [4.78, 5) is 0. The molecule has 0 saturated heterocycles. The van der Waals surface area contributed by atoms with Crippen LogP contribution in [0.15, 0.2) is 12.2 Å². The molecule has 0 aliphatic heterocycles. The van der Waals surface area contributed by atoms with Gasteiger partial charge >= 0.3 is 0 Å². The molecular weight excluding hydrogens is 164 g/mol. The van der Waals surface area contributed by atoms with Crippen LogP contribution in [0.3, 0.4) is 0 Å². The fourth-order valence-corrected chi connectivity index (χ4v) is 0.470. The second-order valence-corrected chi connectivity index (χ2v) is 3.13. The highest BCUT2D eigenvalue weighted by molar-refractivity contribution is 5.27. The summed E-state index contributed by atoms with van der Waals surface area (Å²) in [6.07, 6.45) is 2.45. The van der Waals surface area contributed by atoms with E-state index in [2.05, 4.69) is 23.7 Å². The summed E-state index contributed by atoms with van der Waals surface area (Å²) in [5, 5.41) is 17.9. The van der Waals surface area contributed by atoms with Crippen LogP contribution in [0.4, 0.5) is 0 Å². The molecule has 1 atom stereocenters. The molecular formula is C11H14O2. The Morgan fingerprint density at radius 3 is 2.23 bits per heavy atom. The molecule has 0 radical (unpaired) electrons. The maximum atomic E-state index is 9.18. The predicted octanol–water partition coefficient (Wildman–Crippen LogP) is 0.701. The molecule has 0 aliphatic rings. The van der Waals surface area contributed by atoms with E-state index in [1.807, 2.05) is 0 Å². The monoisotopic (exact) mass is 178 g/mol. The minimum absolute atomic E-state index is 0.619. The fourth-order valence-electron chi connectivity index (χ4n) is 0.470. The maximum absolute atomic E-state index is 9.18. The van der Waals surface area contributed by atoms with Crippen molar-refractivity contribution in [2.45, 2.75) is 32.5 Å². The van der Waals surface area contributed by atoms with Crippen molar-refractivity contribution in [1.29, 1.82) is 0 Å². The largest absolute Gasteiger partial charge is 0.381 e. The van der Waals surface area contributed by atoms with E-state index in [4.69, 9.17) is 5.11 Å². The molecule has 0 aromatic rings. The number of hydrogen-bond acceptors (Lipinski definition) is 2. The van der Waals surface area contributed by atoms with Gasteiger partial charge in [-0.05, 0) is 32.9 Å². The Hall–Kier alpha value is -1.22. The van der Waals surface area contributed by atoms with Gasteiger partial charge in [-0.3, -0.25) is 0 Å². The van der Waals surface area contributed by atoms with Gasteiger partial charge < -0.3 is 10.2 Å². The number of aliphatic hydroxyl groups is 2. The first-order valence-corrected chi connectivity index (χ1v) is 4.01. The van der Waals surface area contributed by atoms with E-state index in [1.165, 1.54) is 12.2 Å². The summed E-state index contributed by atoms with van der Waals surface area (Å²) in [7, 11) is 0. The molecule has 0 heterocycles. The van der Waals surface area contributed by atoms with Crippen molar-refractivity contribution in [3.8, 4) is 23.7 Å². The highest BCUT2D eigenvalue weighted by atomic mass is 16.3. The zero-order valence-corrected chi connectivity index (χ0v) is 8.13. The first-order valence-electron chi connectivity index (χ1n) is 4.01. The van der Waals surface area contributed by atoms with E-state index >= 15 is 0 Å². The lowest BCUT2D eigenvalue weighted by atomic mass is 10.1. The highest BCUT2D eigenvalue weighted by Crippen LogP contribution is 1.95. The van der Waals surface area contributed by atoms with Crippen LogP contribution >= 0.6 is 0 Å². The molecule has 0 aliphatic carbocycles. The molecule has 0 rings (SSSR count). The minimum Gasteiger partial charge on any atom is -0.381 e. The lowest BCUT2D eigenvalue weighted by Crippen LogP contribution is -2.14. The molecule has 70 valence electrons. The second-order valence-electron chi connectivity index (χ2n) is 3.13. The van der Waals surface area contributed by atoms with E-state index in [1.54, 1.807) is 20.8 Å². The fraction of sp³-hybridized carbons (Fsp3) is 0.455. The molecule has 0 amide bonds. The zero-order chi connectivity index (χ0) is 10.3. The van der Waals surface area contributed by atoms with Crippen LogP contribution in [0, 0.1) is 23.7 Å². The molecule has 0 saturated carbocycles. The number of rotatable bonds is 0. The van der Waals surface area contributed by atoms with Crippen LogP contribution in [0.2, 0.25) is 0 Å². The lowest BCUT2D eigenvalue weighted by molar-refractivity contribution is 0.143. The van der Waals surface area contributed by atoms with Crippen LogP contribution in [0.25, 0.3) is 0 Å². The van der Waals surface area contributed by atoms with Crippen molar-refractivity contribution in [3.63, 3.8) is 0 Å². The van der Waals surface area contributed by atoms with Gasteiger partial charge in [-0.1, -0.05) is 23.7 Å². The number of aliphatic hydroxyl groups excluding tert-OH is 1. The highest BCUT2D eigenvalue weighted by Gasteiger charge is 2.04. The predicted molar refractivity (Wildman–Crippen MR) is 52.7 cm³/mol. The van der Waals surface area contributed by atoms with Gasteiger partial charge in [0.2, 0.25) is 0 Å². The van der Waals surface area contributed by atoms with Gasteiger partial charge in [0.05, 0.1) is 0 Å². The molecule has 0 fully saturated rings. The molecule has 2 heteroatoms. The molecule has 0 aromatic heterocycles. The number of hydrogen-bond donors (Lipinski definition) is 2. The molecule has 13 heavy (non-hydrogen) atoms. The van der Waals surface area contributed by atoms with Crippen molar-refractivity contribution < 1.29 is 10.2 Å². The summed E-state index contributed by atoms with van der Waals surface area (Å²) in [6, 6.07) is 0. The molecule has 0 unspecified atom stereocenters. The molecule has 2 N–H and O–H groups in total. The average Bonchev–Trinajstić information content (AvgIpc) is 1.93. The van der Waals surface area contributed by atoms with E-state index < -0.39 is 11.7 Å². The Kier molecular flexibility index (Phi) is 4.92. The number of allylic oxidation sites excluding steroid dienone is 2. The normalized spacial score (nSPS) is 12.7. The summed E-state index contributed by atoms with van der Waals surface area (Å²) in [5.41, 5.74) is -0.970. The average molecular weight is 178 g/mol. The van der Waals surface area contributed by atoms with Gasteiger partial charge in [-0.2, -0.15) is 0 Å². The van der Waals surface area contributed by atoms with Crippen LogP contribution in [-0.2, 0) is 0 Å². The van der Waals surface area contributed by atoms with Crippen molar-refractivity contribution >= 4 is 0 Å². The van der Waals surface area contributed by atoms with Gasteiger partial charge in [0.15, 0.2) is 0 Å². The third-order valence-corrected chi connectivity index (χ3v) is 0.920. The molecule has 2 nitrogen and oxygen atoms in total. The van der Waals surface area contributed by atoms with Crippen molar-refractivity contribution in [2.24, 2.45) is 0 Å². The van der Waals surface area contributed by atoms with Crippen molar-refractivity contribution in [2.75, 3.05) is 0 Å². The lowest BCUT2D eigenvalue weighted by Gasteiger charge is -2.04. The van der Waals surface area contributed by atoms with E-state index in [0.717, 1.165) is 0 Å². The summed E-state index contributed by atoms with van der Waals surface area (Å²) >= 11 is 0. The van der Waals surface area contributed by atoms with Crippen molar-refractivity contribution in [3.05, 3.63) is 12.2 Å². The Morgan fingerprint density at radius 1 is 1.23 bits per heavy atom. The minimum atomic E-state index is -0.970. The van der Waals surface area contributed by atoms with Gasteiger partial charge in [-0.25, -0.2) is 0 Å². The summed E-state index contributed by atoms with van der Waals surface area (Å²) in [5.74, 6) is 10.4. The maximum Gasteiger partial charge on any atom is 0.120 e. The van der Waals surface area contributed by atoms with Gasteiger partial charge in [0.1, 0.15) is 11.7 Å². The Labute approximate surface area is 79.3 Å². The Balaban J connectivity index is 4.03. The molecule has 0 spiro atoms. The van der Waals surface area contributed by atoms with Crippen LogP contribution in [0.1, 0.15) is 20.8 Å². The van der Waals surface area contributed by atoms with E-state index in [-0.39, 0.29) is 0 Å². The SMILES string of the molecule is C[C@@H](O)C#C/C=C\C#CC(C)(C)O. The van der Waals surface area contributed by atoms with Gasteiger partial charge in [-0.15, -0.1) is 0 Å². The quantitative estimate of drug-likeness (QED) is 0.536. The summed E-state index contributed by atoms with van der Waals surface area (Å²) < 4.78 is 0. The van der Waals surface area contributed by atoms with E-state index in [9.17, 15) is 5.11 Å². The third-order valence-electron chi connectivity index (χ3n) is 0.920. The Bertz CT molecular complexity index is 284. The van der Waals surface area contributed by atoms with Crippen molar-refractivity contribution in [1.82, 2.24) is 0 Å². The van der Waals surface area contributed by atoms with E-state index in [0.29, 0.717) is 0 Å². The van der Waals surface area contributed by atoms with Gasteiger partial charge in [0.25, 0.3) is 0 Å². The van der Waals surface area contributed by atoms with Crippen LogP contribution in [0.5, 0.6) is 0 Å². The van der Waals surface area contributed by atoms with Gasteiger partial charge in [0, 0.05) is 0 Å². The standard InChI is InChI=1S/C11H14O2/c1-10(12)8-6-4-5-7-9-11(2,3)13/h4-5,10,12-13H,1-3H3/b5-4-/t10-/m1/s1. The first-order chi connectivity index (χ1) is 5.92. The first kappa shape index (κ1) is 11.8. The van der Waals surface area contributed by atoms with Crippen LogP contribution in [-0.4, -0.2) is 21.9 Å². The summed E-state index contributed by atoms with van der Waals surface area (Å²) in [6.45, 7) is 4.80. The third kappa shape index (κ3) is 10.8. The second kappa shape index (κ2) is 5.43. The van der Waals surface area contributed by atoms with Crippen LogP contribution < -0.4 is 0 Å².